The lowest BCUT2D eigenvalue weighted by Crippen LogP contribution is -2.19. The van der Waals surface area contributed by atoms with Crippen LogP contribution in [0.4, 0.5) is 24.5 Å². The third-order valence-electron chi connectivity index (χ3n) is 4.49. The zero-order chi connectivity index (χ0) is 19.7. The van der Waals surface area contributed by atoms with Crippen LogP contribution >= 0.6 is 0 Å². The standard InChI is InChI=1S/C21H16F3N3O/c22-21(23,24)17-9-5-4-6-14(17)13-27-19-11-10-16(12-18(19)26-20(27)28)25-15-7-2-1-3-8-15/h1-12,25H,13H2,(H,26,28). The summed E-state index contributed by atoms with van der Waals surface area (Å²) in [6.07, 6.45) is -4.47. The van der Waals surface area contributed by atoms with E-state index in [1.807, 2.05) is 30.3 Å². The summed E-state index contributed by atoms with van der Waals surface area (Å²) in [5.74, 6) is 0. The molecule has 0 saturated heterocycles. The molecular formula is C21H16F3N3O. The van der Waals surface area contributed by atoms with Crippen LogP contribution in [0.1, 0.15) is 11.1 Å². The van der Waals surface area contributed by atoms with E-state index in [0.29, 0.717) is 11.0 Å². The number of para-hydroxylation sites is 1. The van der Waals surface area contributed by atoms with Crippen molar-refractivity contribution in [2.24, 2.45) is 0 Å². The molecule has 0 aliphatic rings. The van der Waals surface area contributed by atoms with Crippen LogP contribution in [-0.2, 0) is 12.7 Å². The van der Waals surface area contributed by atoms with Crippen molar-refractivity contribution in [2.75, 3.05) is 5.32 Å². The fraction of sp³-hybridized carbons (Fsp3) is 0.0952. The molecule has 2 N–H and O–H groups in total. The quantitative estimate of drug-likeness (QED) is 0.513. The van der Waals surface area contributed by atoms with Gasteiger partial charge >= 0.3 is 11.9 Å². The highest BCUT2D eigenvalue weighted by Crippen LogP contribution is 2.32. The first kappa shape index (κ1) is 17.9. The summed E-state index contributed by atoms with van der Waals surface area (Å²) in [5.41, 5.74) is 1.61. The molecule has 4 nitrogen and oxygen atoms in total. The van der Waals surface area contributed by atoms with Gasteiger partial charge in [0.2, 0.25) is 0 Å². The van der Waals surface area contributed by atoms with Crippen LogP contribution in [0.25, 0.3) is 11.0 Å². The van der Waals surface area contributed by atoms with Gasteiger partial charge in [-0.05, 0) is 42.0 Å². The molecule has 0 aliphatic carbocycles. The number of anilines is 2. The van der Waals surface area contributed by atoms with Crippen LogP contribution in [0, 0.1) is 0 Å². The van der Waals surface area contributed by atoms with Gasteiger partial charge in [0.05, 0.1) is 23.1 Å². The van der Waals surface area contributed by atoms with Gasteiger partial charge in [0.25, 0.3) is 0 Å². The molecule has 4 rings (SSSR count). The predicted molar refractivity (Wildman–Crippen MR) is 103 cm³/mol. The number of nitrogens with zero attached hydrogens (tertiary/aromatic N) is 1. The fourth-order valence-corrected chi connectivity index (χ4v) is 3.19. The average Bonchev–Trinajstić information content (AvgIpc) is 2.97. The van der Waals surface area contributed by atoms with E-state index < -0.39 is 17.4 Å². The predicted octanol–water partition coefficient (Wildman–Crippen LogP) is 5.14. The average molecular weight is 383 g/mol. The van der Waals surface area contributed by atoms with Crippen molar-refractivity contribution in [3.63, 3.8) is 0 Å². The Morgan fingerprint density at radius 3 is 2.36 bits per heavy atom. The first-order valence-electron chi connectivity index (χ1n) is 8.61. The number of rotatable bonds is 4. The molecule has 3 aromatic carbocycles. The molecule has 0 unspecified atom stereocenters. The lowest BCUT2D eigenvalue weighted by Gasteiger charge is -2.13. The molecule has 0 aliphatic heterocycles. The summed E-state index contributed by atoms with van der Waals surface area (Å²) in [6.45, 7) is -0.167. The fourth-order valence-electron chi connectivity index (χ4n) is 3.19. The third-order valence-corrected chi connectivity index (χ3v) is 4.49. The summed E-state index contributed by atoms with van der Waals surface area (Å²) >= 11 is 0. The number of hydrogen-bond acceptors (Lipinski definition) is 2. The van der Waals surface area contributed by atoms with Crippen molar-refractivity contribution in [1.29, 1.82) is 0 Å². The van der Waals surface area contributed by atoms with Crippen LogP contribution in [0.15, 0.2) is 77.6 Å². The molecule has 142 valence electrons. The molecule has 0 spiro atoms. The van der Waals surface area contributed by atoms with E-state index in [1.54, 1.807) is 18.2 Å². The zero-order valence-electron chi connectivity index (χ0n) is 14.6. The van der Waals surface area contributed by atoms with Crippen molar-refractivity contribution >= 4 is 22.4 Å². The highest BCUT2D eigenvalue weighted by atomic mass is 19.4. The smallest absolute Gasteiger partial charge is 0.355 e. The summed E-state index contributed by atoms with van der Waals surface area (Å²) in [6, 6.07) is 20.1. The Labute approximate surface area is 158 Å². The number of alkyl halides is 3. The second kappa shape index (κ2) is 6.92. The Morgan fingerprint density at radius 1 is 0.893 bits per heavy atom. The number of nitrogens with one attached hydrogen (secondary N) is 2. The molecule has 0 bridgehead atoms. The van der Waals surface area contributed by atoms with Crippen LogP contribution in [0.3, 0.4) is 0 Å². The van der Waals surface area contributed by atoms with Gasteiger partial charge in [-0.1, -0.05) is 36.4 Å². The van der Waals surface area contributed by atoms with E-state index in [0.717, 1.165) is 17.4 Å². The molecule has 4 aromatic rings. The number of aromatic amines is 1. The number of hydrogen-bond donors (Lipinski definition) is 2. The summed E-state index contributed by atoms with van der Waals surface area (Å²) < 4.78 is 41.1. The Morgan fingerprint density at radius 2 is 1.61 bits per heavy atom. The van der Waals surface area contributed by atoms with Crippen molar-refractivity contribution in [1.82, 2.24) is 9.55 Å². The van der Waals surface area contributed by atoms with Crippen molar-refractivity contribution < 1.29 is 13.2 Å². The third kappa shape index (κ3) is 3.51. The van der Waals surface area contributed by atoms with Gasteiger partial charge in [0, 0.05) is 11.4 Å². The number of benzene rings is 3. The SMILES string of the molecule is O=c1[nH]c2cc(Nc3ccccc3)ccc2n1Cc1ccccc1C(F)(F)F. The monoisotopic (exact) mass is 383 g/mol. The number of halogens is 3. The van der Waals surface area contributed by atoms with Gasteiger partial charge in [-0.15, -0.1) is 0 Å². The normalized spacial score (nSPS) is 11.7. The second-order valence-electron chi connectivity index (χ2n) is 6.39. The maximum absolute atomic E-state index is 13.2. The molecule has 1 heterocycles. The highest BCUT2D eigenvalue weighted by Gasteiger charge is 2.33. The minimum absolute atomic E-state index is 0.0458. The number of H-pyrrole nitrogens is 1. The molecule has 0 radical (unpaired) electrons. The molecular weight excluding hydrogens is 367 g/mol. The minimum Gasteiger partial charge on any atom is -0.355 e. The van der Waals surface area contributed by atoms with Gasteiger partial charge in [0.1, 0.15) is 0 Å². The largest absolute Gasteiger partial charge is 0.416 e. The molecule has 28 heavy (non-hydrogen) atoms. The Hall–Kier alpha value is -3.48. The minimum atomic E-state index is -4.47. The maximum Gasteiger partial charge on any atom is 0.416 e. The first-order chi connectivity index (χ1) is 13.4. The van der Waals surface area contributed by atoms with E-state index in [9.17, 15) is 18.0 Å². The second-order valence-corrected chi connectivity index (χ2v) is 6.39. The molecule has 0 atom stereocenters. The summed E-state index contributed by atoms with van der Waals surface area (Å²) in [4.78, 5) is 15.1. The summed E-state index contributed by atoms with van der Waals surface area (Å²) in [7, 11) is 0. The lowest BCUT2D eigenvalue weighted by molar-refractivity contribution is -0.138. The molecule has 7 heteroatoms. The lowest BCUT2D eigenvalue weighted by atomic mass is 10.1. The van der Waals surface area contributed by atoms with E-state index in [1.165, 1.54) is 22.8 Å². The maximum atomic E-state index is 13.2. The number of imidazole rings is 1. The van der Waals surface area contributed by atoms with Crippen LogP contribution < -0.4 is 11.0 Å². The molecule has 0 fully saturated rings. The highest BCUT2D eigenvalue weighted by molar-refractivity contribution is 5.81. The van der Waals surface area contributed by atoms with Crippen molar-refractivity contribution in [3.05, 3.63) is 94.4 Å². The van der Waals surface area contributed by atoms with Crippen molar-refractivity contribution in [3.8, 4) is 0 Å². The van der Waals surface area contributed by atoms with Gasteiger partial charge < -0.3 is 10.3 Å². The van der Waals surface area contributed by atoms with Gasteiger partial charge in [0.15, 0.2) is 0 Å². The van der Waals surface area contributed by atoms with Gasteiger partial charge in [-0.3, -0.25) is 4.57 Å². The van der Waals surface area contributed by atoms with Gasteiger partial charge in [-0.2, -0.15) is 13.2 Å². The number of fused-ring (bicyclic) bond motifs is 1. The molecule has 0 saturated carbocycles. The van der Waals surface area contributed by atoms with E-state index in [2.05, 4.69) is 10.3 Å². The topological polar surface area (TPSA) is 49.8 Å². The molecule has 0 amide bonds. The Balaban J connectivity index is 1.70. The van der Waals surface area contributed by atoms with E-state index in [4.69, 9.17) is 0 Å². The Kier molecular flexibility index (Phi) is 4.43. The van der Waals surface area contributed by atoms with Crippen LogP contribution in [0.2, 0.25) is 0 Å². The summed E-state index contributed by atoms with van der Waals surface area (Å²) in [5, 5.41) is 3.22. The van der Waals surface area contributed by atoms with E-state index >= 15 is 0 Å². The zero-order valence-corrected chi connectivity index (χ0v) is 14.6. The van der Waals surface area contributed by atoms with E-state index in [-0.39, 0.29) is 12.1 Å². The Bertz CT molecular complexity index is 1180. The number of aromatic nitrogens is 2. The van der Waals surface area contributed by atoms with Crippen LogP contribution in [-0.4, -0.2) is 9.55 Å². The van der Waals surface area contributed by atoms with Crippen LogP contribution in [0.5, 0.6) is 0 Å². The van der Waals surface area contributed by atoms with Gasteiger partial charge in [-0.25, -0.2) is 4.79 Å². The molecule has 1 aromatic heterocycles. The first-order valence-corrected chi connectivity index (χ1v) is 8.61. The van der Waals surface area contributed by atoms with Crippen molar-refractivity contribution in [2.45, 2.75) is 12.7 Å².